The molecular formula is C30H60F6NO4PS2. The molecule has 5 nitrogen and oxygen atoms in total. The SMILES string of the molecule is CCCCCCCCCCCCCCCCP(CCCC)(CCCC)(CCCC)N(S(=O)(=O)C(F)(F)F)S(=O)(=O)C(F)(F)F. The number of hydrogen-bond donors (Lipinski definition) is 0. The van der Waals surface area contributed by atoms with Crippen LogP contribution in [0.25, 0.3) is 0 Å². The molecule has 0 aromatic rings. The zero-order valence-corrected chi connectivity index (χ0v) is 30.1. The summed E-state index contributed by atoms with van der Waals surface area (Å²) in [4.78, 5) is 0. The normalized spacial score (nSPS) is 14.7. The number of alkyl halides is 6. The molecule has 0 aromatic heterocycles. The molecule has 0 aliphatic rings. The minimum absolute atomic E-state index is 0.140. The zero-order valence-electron chi connectivity index (χ0n) is 27.6. The minimum atomic E-state index is -6.87. The van der Waals surface area contributed by atoms with Crippen molar-refractivity contribution in [1.82, 2.24) is 3.48 Å². The van der Waals surface area contributed by atoms with E-state index in [1.165, 1.54) is 44.9 Å². The van der Waals surface area contributed by atoms with E-state index in [4.69, 9.17) is 0 Å². The number of nitrogens with zero attached hydrogens (tertiary/aromatic N) is 1. The Balaban J connectivity index is 6.19. The Morgan fingerprint density at radius 1 is 0.409 bits per heavy atom. The average molecular weight is 708 g/mol. The van der Waals surface area contributed by atoms with Crippen LogP contribution in [0.5, 0.6) is 0 Å². The molecular weight excluding hydrogens is 647 g/mol. The van der Waals surface area contributed by atoms with Gasteiger partial charge in [-0.3, -0.25) is 0 Å². The molecule has 0 spiro atoms. The molecule has 0 aliphatic carbocycles. The van der Waals surface area contributed by atoms with Crippen LogP contribution in [0.2, 0.25) is 0 Å². The molecule has 0 fully saturated rings. The molecule has 0 rings (SSSR count). The van der Waals surface area contributed by atoms with Crippen molar-refractivity contribution >= 4 is 26.8 Å². The van der Waals surface area contributed by atoms with Gasteiger partial charge in [0.05, 0.1) is 0 Å². The molecule has 0 saturated carbocycles. The van der Waals surface area contributed by atoms with E-state index in [9.17, 15) is 43.2 Å². The predicted molar refractivity (Wildman–Crippen MR) is 173 cm³/mol. The molecule has 0 atom stereocenters. The monoisotopic (exact) mass is 707 g/mol. The van der Waals surface area contributed by atoms with Gasteiger partial charge < -0.3 is 0 Å². The average Bonchev–Trinajstić information content (AvgIpc) is 2.93. The van der Waals surface area contributed by atoms with Crippen LogP contribution in [-0.2, 0) is 20.0 Å². The van der Waals surface area contributed by atoms with E-state index in [2.05, 4.69) is 6.92 Å². The topological polar surface area (TPSA) is 71.5 Å². The first-order valence-corrected chi connectivity index (χ1v) is 22.7. The molecule has 0 saturated heterocycles. The van der Waals surface area contributed by atoms with Crippen LogP contribution in [0.3, 0.4) is 0 Å². The summed E-state index contributed by atoms with van der Waals surface area (Å²) in [5, 5.41) is 0. The molecule has 0 unspecified atom stereocenters. The summed E-state index contributed by atoms with van der Waals surface area (Å²) in [6, 6.07) is 0. The molecule has 0 aliphatic heterocycles. The fourth-order valence-corrected chi connectivity index (χ4v) is 22.0. The standard InChI is InChI=1S/C30H60F6NO4PS2/c1-5-9-13-14-15-16-17-18-19-20-21-22-23-24-28-42(25-10-6-2,26-11-7-3,27-12-8-4)37(43(38,39)29(31,32)33)44(40,41)30(34,35)36/h5-28H2,1-4H3. The molecule has 0 aromatic carbocycles. The van der Waals surface area contributed by atoms with Crippen molar-refractivity contribution in [3.63, 3.8) is 0 Å². The number of halogens is 6. The van der Waals surface area contributed by atoms with Crippen molar-refractivity contribution in [3.05, 3.63) is 0 Å². The van der Waals surface area contributed by atoms with Crippen molar-refractivity contribution in [2.24, 2.45) is 0 Å². The second-order valence-corrected chi connectivity index (χ2v) is 22.9. The van der Waals surface area contributed by atoms with Crippen LogP contribution >= 0.6 is 6.75 Å². The summed E-state index contributed by atoms with van der Waals surface area (Å²) in [6.07, 6.45) is 14.5. The Bertz CT molecular complexity index is 920. The van der Waals surface area contributed by atoms with Crippen LogP contribution in [0.15, 0.2) is 0 Å². The summed E-state index contributed by atoms with van der Waals surface area (Å²) in [6.45, 7) is 2.37. The molecule has 0 amide bonds. The molecule has 44 heavy (non-hydrogen) atoms. The van der Waals surface area contributed by atoms with Gasteiger partial charge in [-0.2, -0.15) is 0 Å². The Kier molecular flexibility index (Phi) is 20.2. The van der Waals surface area contributed by atoms with Crippen LogP contribution in [-0.4, -0.2) is 56.0 Å². The maximum atomic E-state index is 14.1. The first kappa shape index (κ1) is 43.9. The Morgan fingerprint density at radius 2 is 0.636 bits per heavy atom. The van der Waals surface area contributed by atoms with E-state index >= 15 is 0 Å². The fourth-order valence-electron chi connectivity index (χ4n) is 6.32. The van der Waals surface area contributed by atoms with Gasteiger partial charge in [-0.1, -0.05) is 26.2 Å². The molecule has 0 N–H and O–H groups in total. The van der Waals surface area contributed by atoms with Crippen LogP contribution in [0.4, 0.5) is 26.3 Å². The van der Waals surface area contributed by atoms with Gasteiger partial charge in [-0.15, -0.1) is 0 Å². The van der Waals surface area contributed by atoms with E-state index in [0.29, 0.717) is 32.1 Å². The summed E-state index contributed by atoms with van der Waals surface area (Å²) in [5.74, 6) is 0. The Labute approximate surface area is 264 Å². The van der Waals surface area contributed by atoms with E-state index in [0.717, 1.165) is 25.7 Å². The Hall–Kier alpha value is -0.130. The second kappa shape index (κ2) is 20.3. The first-order chi connectivity index (χ1) is 20.4. The van der Waals surface area contributed by atoms with Gasteiger partial charge in [0.1, 0.15) is 0 Å². The van der Waals surface area contributed by atoms with Crippen LogP contribution in [0.1, 0.15) is 156 Å². The maximum absolute atomic E-state index is 14.1. The number of hydrogen-bond acceptors (Lipinski definition) is 4. The van der Waals surface area contributed by atoms with Gasteiger partial charge in [0.25, 0.3) is 0 Å². The van der Waals surface area contributed by atoms with Crippen LogP contribution < -0.4 is 0 Å². The number of rotatable bonds is 27. The van der Waals surface area contributed by atoms with Gasteiger partial charge >= 0.3 is 239 Å². The third kappa shape index (κ3) is 12.8. The molecule has 0 heterocycles. The van der Waals surface area contributed by atoms with E-state index in [1.54, 1.807) is 20.8 Å². The van der Waals surface area contributed by atoms with Crippen molar-refractivity contribution in [1.29, 1.82) is 0 Å². The Morgan fingerprint density at radius 3 is 0.886 bits per heavy atom. The number of sulfonamides is 2. The molecule has 14 heteroatoms. The predicted octanol–water partition coefficient (Wildman–Crippen LogP) is 11.3. The quantitative estimate of drug-likeness (QED) is 0.0484. The summed E-state index contributed by atoms with van der Waals surface area (Å²) >= 11 is 0. The zero-order chi connectivity index (χ0) is 34.0. The summed E-state index contributed by atoms with van der Waals surface area (Å²) in [7, 11) is -13.7. The third-order valence-corrected chi connectivity index (χ3v) is 22.8. The third-order valence-electron chi connectivity index (χ3n) is 8.80. The van der Waals surface area contributed by atoms with E-state index in [1.807, 2.05) is 0 Å². The molecule has 0 bridgehead atoms. The fraction of sp³-hybridized carbons (Fsp3) is 1.00. The van der Waals surface area contributed by atoms with Gasteiger partial charge in [-0.05, 0) is 0 Å². The summed E-state index contributed by atoms with van der Waals surface area (Å²) in [5.41, 5.74) is -12.4. The van der Waals surface area contributed by atoms with Crippen molar-refractivity contribution in [3.8, 4) is 0 Å². The van der Waals surface area contributed by atoms with Crippen LogP contribution in [0, 0.1) is 0 Å². The molecule has 268 valence electrons. The van der Waals surface area contributed by atoms with Gasteiger partial charge in [-0.25, -0.2) is 0 Å². The van der Waals surface area contributed by atoms with Gasteiger partial charge in [0, 0.05) is 0 Å². The van der Waals surface area contributed by atoms with Gasteiger partial charge in [0.15, 0.2) is 0 Å². The van der Waals surface area contributed by atoms with Crippen molar-refractivity contribution in [2.45, 2.75) is 167 Å². The second-order valence-electron chi connectivity index (χ2n) is 12.5. The first-order valence-electron chi connectivity index (χ1n) is 16.9. The van der Waals surface area contributed by atoms with E-state index in [-0.39, 0.29) is 50.3 Å². The van der Waals surface area contributed by atoms with Gasteiger partial charge in [0.2, 0.25) is 0 Å². The van der Waals surface area contributed by atoms with Crippen molar-refractivity contribution in [2.75, 3.05) is 24.6 Å². The molecule has 0 radical (unpaired) electrons. The van der Waals surface area contributed by atoms with Crippen molar-refractivity contribution < 1.29 is 43.2 Å². The summed E-state index contributed by atoms with van der Waals surface area (Å²) < 4.78 is 136. The number of unbranched alkanes of at least 4 members (excludes halogenated alkanes) is 16. The van der Waals surface area contributed by atoms with E-state index < -0.39 is 41.3 Å².